The van der Waals surface area contributed by atoms with Crippen LogP contribution in [0, 0.1) is 13.8 Å². The monoisotopic (exact) mass is 385 g/mol. The number of phenols is 1. The van der Waals surface area contributed by atoms with Crippen LogP contribution in [-0.4, -0.2) is 66.1 Å². The van der Waals surface area contributed by atoms with Gasteiger partial charge in [0.05, 0.1) is 30.1 Å². The van der Waals surface area contributed by atoms with Crippen molar-refractivity contribution in [3.8, 4) is 5.75 Å². The van der Waals surface area contributed by atoms with Crippen molar-refractivity contribution in [2.24, 2.45) is 0 Å². The summed E-state index contributed by atoms with van der Waals surface area (Å²) in [6.07, 6.45) is 0. The molecule has 2 aromatic rings. The molecule has 0 radical (unpaired) electrons. The number of aryl methyl sites for hydroxylation is 1. The Kier molecular flexibility index (Phi) is 5.74. The molecule has 0 aliphatic carbocycles. The maximum Gasteiger partial charge on any atom is 0.339 e. The summed E-state index contributed by atoms with van der Waals surface area (Å²) in [6.45, 7) is 8.31. The van der Waals surface area contributed by atoms with Gasteiger partial charge in [-0.2, -0.15) is 0 Å². The van der Waals surface area contributed by atoms with Crippen molar-refractivity contribution in [3.63, 3.8) is 0 Å². The van der Waals surface area contributed by atoms with E-state index in [0.29, 0.717) is 35.6 Å². The SMILES string of the molecule is COC(=O)c1c(C)[nH]c(C(=O)C(C)N2CCN(c3ccccc3O)CC2)c1C. The van der Waals surface area contributed by atoms with E-state index in [1.165, 1.54) is 7.11 Å². The van der Waals surface area contributed by atoms with E-state index in [1.54, 1.807) is 26.0 Å². The van der Waals surface area contributed by atoms with Crippen molar-refractivity contribution in [1.82, 2.24) is 9.88 Å². The first-order valence-electron chi connectivity index (χ1n) is 9.43. The van der Waals surface area contributed by atoms with Crippen LogP contribution in [0.15, 0.2) is 24.3 Å². The van der Waals surface area contributed by atoms with Crippen molar-refractivity contribution >= 4 is 17.4 Å². The van der Waals surface area contributed by atoms with E-state index in [0.717, 1.165) is 18.8 Å². The molecule has 7 nitrogen and oxygen atoms in total. The zero-order chi connectivity index (χ0) is 20.4. The number of nitrogens with zero attached hydrogens (tertiary/aromatic N) is 2. The van der Waals surface area contributed by atoms with Crippen LogP contribution in [0.4, 0.5) is 5.69 Å². The predicted molar refractivity (Wildman–Crippen MR) is 107 cm³/mol. The third-order valence-electron chi connectivity index (χ3n) is 5.54. The number of benzene rings is 1. The Morgan fingerprint density at radius 2 is 1.79 bits per heavy atom. The zero-order valence-corrected chi connectivity index (χ0v) is 16.8. The van der Waals surface area contributed by atoms with Gasteiger partial charge in [-0.25, -0.2) is 4.79 Å². The maximum atomic E-state index is 13.1. The Morgan fingerprint density at radius 3 is 2.39 bits per heavy atom. The Labute approximate surface area is 164 Å². The molecule has 28 heavy (non-hydrogen) atoms. The fourth-order valence-electron chi connectivity index (χ4n) is 3.86. The average Bonchev–Trinajstić information content (AvgIpc) is 3.01. The quantitative estimate of drug-likeness (QED) is 0.608. The van der Waals surface area contributed by atoms with Gasteiger partial charge in [0.1, 0.15) is 5.75 Å². The van der Waals surface area contributed by atoms with Gasteiger partial charge in [-0.15, -0.1) is 0 Å². The van der Waals surface area contributed by atoms with Gasteiger partial charge in [0.25, 0.3) is 0 Å². The van der Waals surface area contributed by atoms with Gasteiger partial charge < -0.3 is 19.7 Å². The number of nitrogens with one attached hydrogen (secondary N) is 1. The van der Waals surface area contributed by atoms with Crippen LogP contribution in [-0.2, 0) is 4.74 Å². The third-order valence-corrected chi connectivity index (χ3v) is 5.54. The van der Waals surface area contributed by atoms with Crippen LogP contribution in [0.25, 0.3) is 0 Å². The number of Topliss-reactive ketones (excluding diaryl/α,β-unsaturated/α-hetero) is 1. The number of hydrogen-bond donors (Lipinski definition) is 2. The number of phenolic OH excluding ortho intramolecular Hbond substituents is 1. The lowest BCUT2D eigenvalue weighted by atomic mass is 10.0. The first kappa shape index (κ1) is 19.9. The minimum atomic E-state index is -0.436. The second-order valence-electron chi connectivity index (χ2n) is 7.17. The number of H-pyrrole nitrogens is 1. The van der Waals surface area contributed by atoms with Gasteiger partial charge in [-0.1, -0.05) is 12.1 Å². The summed E-state index contributed by atoms with van der Waals surface area (Å²) in [5.74, 6) is -0.200. The number of hydrogen-bond acceptors (Lipinski definition) is 6. The van der Waals surface area contributed by atoms with Crippen molar-refractivity contribution in [3.05, 3.63) is 46.8 Å². The number of aromatic hydroxyl groups is 1. The molecule has 1 unspecified atom stereocenters. The van der Waals surface area contributed by atoms with Crippen LogP contribution < -0.4 is 4.90 Å². The fourth-order valence-corrected chi connectivity index (χ4v) is 3.86. The Morgan fingerprint density at radius 1 is 1.14 bits per heavy atom. The lowest BCUT2D eigenvalue weighted by Gasteiger charge is -2.38. The number of aromatic amines is 1. The Bertz CT molecular complexity index is 882. The Balaban J connectivity index is 1.70. The molecule has 150 valence electrons. The molecule has 7 heteroatoms. The van der Waals surface area contributed by atoms with E-state index in [9.17, 15) is 14.7 Å². The van der Waals surface area contributed by atoms with Crippen LogP contribution in [0.1, 0.15) is 39.0 Å². The van der Waals surface area contributed by atoms with Gasteiger partial charge in [-0.3, -0.25) is 9.69 Å². The summed E-state index contributed by atoms with van der Waals surface area (Å²) in [5.41, 5.74) is 2.99. The number of methoxy groups -OCH3 is 1. The number of carbonyl (C=O) groups excluding carboxylic acids is 2. The molecule has 1 aliphatic rings. The molecule has 1 saturated heterocycles. The molecular weight excluding hydrogens is 358 g/mol. The molecule has 1 aliphatic heterocycles. The van der Waals surface area contributed by atoms with Crippen molar-refractivity contribution in [2.75, 3.05) is 38.2 Å². The number of carbonyl (C=O) groups is 2. The van der Waals surface area contributed by atoms with E-state index in [-0.39, 0.29) is 17.6 Å². The fraction of sp³-hybridized carbons (Fsp3) is 0.429. The molecule has 1 aromatic heterocycles. The summed E-state index contributed by atoms with van der Waals surface area (Å²) in [5, 5.41) is 10.0. The molecule has 2 heterocycles. The van der Waals surface area contributed by atoms with Crippen LogP contribution in [0.5, 0.6) is 5.75 Å². The highest BCUT2D eigenvalue weighted by Gasteiger charge is 2.30. The second kappa shape index (κ2) is 8.06. The van der Waals surface area contributed by atoms with Crippen LogP contribution >= 0.6 is 0 Å². The van der Waals surface area contributed by atoms with Crippen molar-refractivity contribution in [2.45, 2.75) is 26.8 Å². The van der Waals surface area contributed by atoms with Crippen molar-refractivity contribution < 1.29 is 19.4 Å². The lowest BCUT2D eigenvalue weighted by Crippen LogP contribution is -2.51. The van der Waals surface area contributed by atoms with Gasteiger partial charge in [0, 0.05) is 31.9 Å². The van der Waals surface area contributed by atoms with Crippen LogP contribution in [0.2, 0.25) is 0 Å². The van der Waals surface area contributed by atoms with Gasteiger partial charge in [0.2, 0.25) is 0 Å². The number of rotatable bonds is 5. The third kappa shape index (κ3) is 3.62. The molecular formula is C21H27N3O4. The standard InChI is InChI=1S/C21H27N3O4/c1-13-18(21(27)28-4)14(2)22-19(13)20(26)15(3)23-9-11-24(12-10-23)16-7-5-6-8-17(16)25/h5-8,15,22,25H,9-12H2,1-4H3. The highest BCUT2D eigenvalue weighted by atomic mass is 16.5. The maximum absolute atomic E-state index is 13.1. The number of ether oxygens (including phenoxy) is 1. The minimum Gasteiger partial charge on any atom is -0.506 e. The van der Waals surface area contributed by atoms with Crippen molar-refractivity contribution in [1.29, 1.82) is 0 Å². The van der Waals surface area contributed by atoms with Gasteiger partial charge >= 0.3 is 5.97 Å². The minimum absolute atomic E-state index is 0.0354. The number of aromatic nitrogens is 1. The van der Waals surface area contributed by atoms with E-state index >= 15 is 0 Å². The topological polar surface area (TPSA) is 85.9 Å². The summed E-state index contributed by atoms with van der Waals surface area (Å²) < 4.78 is 4.82. The van der Waals surface area contributed by atoms with Gasteiger partial charge in [0.15, 0.2) is 5.78 Å². The number of ketones is 1. The summed E-state index contributed by atoms with van der Waals surface area (Å²) >= 11 is 0. The molecule has 0 saturated carbocycles. The Hall–Kier alpha value is -2.80. The molecule has 2 N–H and O–H groups in total. The largest absolute Gasteiger partial charge is 0.506 e. The van der Waals surface area contributed by atoms with E-state index in [4.69, 9.17) is 4.74 Å². The molecule has 0 amide bonds. The summed E-state index contributed by atoms with van der Waals surface area (Å²) in [6, 6.07) is 6.98. The van der Waals surface area contributed by atoms with E-state index < -0.39 is 5.97 Å². The van der Waals surface area contributed by atoms with E-state index in [1.807, 2.05) is 19.1 Å². The highest BCUT2D eigenvalue weighted by Crippen LogP contribution is 2.28. The molecule has 1 atom stereocenters. The molecule has 0 bridgehead atoms. The smallest absolute Gasteiger partial charge is 0.339 e. The lowest BCUT2D eigenvalue weighted by molar-refractivity contribution is 0.0599. The first-order chi connectivity index (χ1) is 13.3. The molecule has 3 rings (SSSR count). The van der Waals surface area contributed by atoms with Crippen LogP contribution in [0.3, 0.4) is 0 Å². The molecule has 0 spiro atoms. The zero-order valence-electron chi connectivity index (χ0n) is 16.8. The average molecular weight is 385 g/mol. The number of anilines is 1. The van der Waals surface area contributed by atoms with E-state index in [2.05, 4.69) is 14.8 Å². The molecule has 1 fully saturated rings. The number of piperazine rings is 1. The summed E-state index contributed by atoms with van der Waals surface area (Å²) in [7, 11) is 1.34. The predicted octanol–water partition coefficient (Wildman–Crippen LogP) is 2.52. The van der Waals surface area contributed by atoms with Gasteiger partial charge in [-0.05, 0) is 38.5 Å². The normalized spacial score (nSPS) is 16.1. The first-order valence-corrected chi connectivity index (χ1v) is 9.43. The summed E-state index contributed by atoms with van der Waals surface area (Å²) in [4.78, 5) is 32.4. The number of esters is 1. The molecule has 1 aromatic carbocycles. The highest BCUT2D eigenvalue weighted by molar-refractivity contribution is 6.03. The number of para-hydroxylation sites is 2. The second-order valence-corrected chi connectivity index (χ2v) is 7.17.